The summed E-state index contributed by atoms with van der Waals surface area (Å²) >= 11 is 3.19. The lowest BCUT2D eigenvalue weighted by Gasteiger charge is -2.11. The predicted molar refractivity (Wildman–Crippen MR) is 94.1 cm³/mol. The standard InChI is InChI=1S/C16H12N4OS2/c1-9(23-16-13-12(6-7-22-13)17-8-18-16)14-19-11-5-3-2-4-10(11)15(21)20-14/h2-9H,1H3,(H,19,20,21)/t9-/m1/s1. The lowest BCUT2D eigenvalue weighted by molar-refractivity contribution is 0.919. The second-order valence-corrected chi connectivity index (χ2v) is 7.29. The summed E-state index contributed by atoms with van der Waals surface area (Å²) in [6, 6.07) is 9.34. The van der Waals surface area contributed by atoms with Crippen molar-refractivity contribution in [1.29, 1.82) is 0 Å². The lowest BCUT2D eigenvalue weighted by atomic mass is 10.2. The zero-order chi connectivity index (χ0) is 15.8. The van der Waals surface area contributed by atoms with Gasteiger partial charge in [-0.15, -0.1) is 11.3 Å². The van der Waals surface area contributed by atoms with Gasteiger partial charge in [-0.2, -0.15) is 0 Å². The molecule has 3 aromatic heterocycles. The van der Waals surface area contributed by atoms with Crippen LogP contribution in [0.5, 0.6) is 0 Å². The number of rotatable bonds is 3. The first kappa shape index (κ1) is 14.3. The number of hydrogen-bond donors (Lipinski definition) is 1. The third-order valence-corrected chi connectivity index (χ3v) is 5.66. The highest BCUT2D eigenvalue weighted by atomic mass is 32.2. The van der Waals surface area contributed by atoms with Crippen molar-refractivity contribution in [1.82, 2.24) is 19.9 Å². The second-order valence-electron chi connectivity index (χ2n) is 5.04. The van der Waals surface area contributed by atoms with Gasteiger partial charge in [0.15, 0.2) is 0 Å². The molecule has 3 heterocycles. The number of aromatic amines is 1. The summed E-state index contributed by atoms with van der Waals surface area (Å²) in [5.74, 6) is 0.655. The molecular weight excluding hydrogens is 328 g/mol. The molecule has 7 heteroatoms. The summed E-state index contributed by atoms with van der Waals surface area (Å²) in [5.41, 5.74) is 1.55. The van der Waals surface area contributed by atoms with Gasteiger partial charge in [-0.1, -0.05) is 23.9 Å². The first-order valence-electron chi connectivity index (χ1n) is 7.06. The number of nitrogens with one attached hydrogen (secondary N) is 1. The smallest absolute Gasteiger partial charge is 0.258 e. The minimum absolute atomic E-state index is 0.0208. The number of benzene rings is 1. The zero-order valence-electron chi connectivity index (χ0n) is 12.2. The number of hydrogen-bond acceptors (Lipinski definition) is 6. The van der Waals surface area contributed by atoms with E-state index < -0.39 is 0 Å². The van der Waals surface area contributed by atoms with Crippen molar-refractivity contribution in [3.05, 3.63) is 58.2 Å². The summed E-state index contributed by atoms with van der Waals surface area (Å²) in [6.45, 7) is 2.01. The summed E-state index contributed by atoms with van der Waals surface area (Å²) in [6.07, 6.45) is 1.57. The first-order chi connectivity index (χ1) is 11.2. The van der Waals surface area contributed by atoms with Crippen molar-refractivity contribution in [2.45, 2.75) is 17.2 Å². The van der Waals surface area contributed by atoms with Gasteiger partial charge in [-0.05, 0) is 30.5 Å². The number of aromatic nitrogens is 4. The van der Waals surface area contributed by atoms with E-state index >= 15 is 0 Å². The number of H-pyrrole nitrogens is 1. The Kier molecular flexibility index (Phi) is 3.59. The number of thiophene rings is 1. The molecule has 0 saturated heterocycles. The van der Waals surface area contributed by atoms with E-state index in [1.165, 1.54) is 0 Å². The Morgan fingerprint density at radius 2 is 2.04 bits per heavy atom. The van der Waals surface area contributed by atoms with Gasteiger partial charge in [0.2, 0.25) is 0 Å². The Labute approximate surface area is 139 Å². The lowest BCUT2D eigenvalue weighted by Crippen LogP contribution is -2.12. The van der Waals surface area contributed by atoms with Gasteiger partial charge in [0.25, 0.3) is 5.56 Å². The first-order valence-corrected chi connectivity index (χ1v) is 8.82. The van der Waals surface area contributed by atoms with Gasteiger partial charge in [-0.25, -0.2) is 15.0 Å². The van der Waals surface area contributed by atoms with Crippen LogP contribution in [0.25, 0.3) is 21.1 Å². The monoisotopic (exact) mass is 340 g/mol. The van der Waals surface area contributed by atoms with Crippen LogP contribution in [0.15, 0.2) is 51.9 Å². The van der Waals surface area contributed by atoms with Crippen molar-refractivity contribution >= 4 is 44.2 Å². The van der Waals surface area contributed by atoms with E-state index in [0.717, 1.165) is 15.2 Å². The van der Waals surface area contributed by atoms with E-state index in [9.17, 15) is 4.79 Å². The predicted octanol–water partition coefficient (Wildman–Crippen LogP) is 3.78. The van der Waals surface area contributed by atoms with Crippen LogP contribution in [-0.4, -0.2) is 19.9 Å². The summed E-state index contributed by atoms with van der Waals surface area (Å²) in [4.78, 5) is 28.3. The Balaban J connectivity index is 1.73. The van der Waals surface area contributed by atoms with Crippen LogP contribution in [0.1, 0.15) is 18.0 Å². The molecule has 0 spiro atoms. The fourth-order valence-corrected chi connectivity index (χ4v) is 4.27. The van der Waals surface area contributed by atoms with Crippen LogP contribution in [0.4, 0.5) is 0 Å². The maximum absolute atomic E-state index is 12.2. The summed E-state index contributed by atoms with van der Waals surface area (Å²) in [5, 5.41) is 3.50. The third kappa shape index (κ3) is 2.62. The number of fused-ring (bicyclic) bond motifs is 2. The minimum Gasteiger partial charge on any atom is -0.309 e. The van der Waals surface area contributed by atoms with Gasteiger partial charge in [-0.3, -0.25) is 4.79 Å². The molecule has 114 valence electrons. The van der Waals surface area contributed by atoms with Crippen LogP contribution in [0.2, 0.25) is 0 Å². The number of thioether (sulfide) groups is 1. The quantitative estimate of drug-likeness (QED) is 0.454. The van der Waals surface area contributed by atoms with Crippen LogP contribution in [0.3, 0.4) is 0 Å². The van der Waals surface area contributed by atoms with Gasteiger partial charge in [0.05, 0.1) is 26.4 Å². The average Bonchev–Trinajstić information content (AvgIpc) is 3.04. The molecule has 5 nitrogen and oxygen atoms in total. The van der Waals surface area contributed by atoms with Gasteiger partial charge < -0.3 is 4.98 Å². The Hall–Kier alpha value is -2.25. The van der Waals surface area contributed by atoms with Crippen molar-refractivity contribution in [2.75, 3.05) is 0 Å². The fraction of sp³-hybridized carbons (Fsp3) is 0.125. The molecule has 0 fully saturated rings. The molecule has 0 aliphatic heterocycles. The number of para-hydroxylation sites is 1. The molecule has 1 N–H and O–H groups in total. The van der Waals surface area contributed by atoms with Gasteiger partial charge in [0, 0.05) is 0 Å². The summed E-state index contributed by atoms with van der Waals surface area (Å²) < 4.78 is 1.06. The third-order valence-electron chi connectivity index (χ3n) is 3.52. The molecule has 0 unspecified atom stereocenters. The van der Waals surface area contributed by atoms with E-state index in [2.05, 4.69) is 19.9 Å². The van der Waals surface area contributed by atoms with E-state index in [0.29, 0.717) is 16.7 Å². The molecule has 0 bridgehead atoms. The Bertz CT molecular complexity index is 1060. The fourth-order valence-electron chi connectivity index (χ4n) is 2.37. The highest BCUT2D eigenvalue weighted by Gasteiger charge is 2.15. The largest absolute Gasteiger partial charge is 0.309 e. The minimum atomic E-state index is -0.109. The molecule has 0 amide bonds. The van der Waals surface area contributed by atoms with E-state index in [1.807, 2.05) is 36.6 Å². The molecule has 0 aliphatic rings. The van der Waals surface area contributed by atoms with E-state index in [4.69, 9.17) is 0 Å². The average molecular weight is 340 g/mol. The topological polar surface area (TPSA) is 71.5 Å². The molecule has 0 radical (unpaired) electrons. The second kappa shape index (κ2) is 5.75. The molecule has 4 rings (SSSR count). The molecule has 4 aromatic rings. The van der Waals surface area contributed by atoms with Crippen LogP contribution in [-0.2, 0) is 0 Å². The van der Waals surface area contributed by atoms with E-state index in [-0.39, 0.29) is 10.8 Å². The van der Waals surface area contributed by atoms with Crippen molar-refractivity contribution in [2.24, 2.45) is 0 Å². The van der Waals surface area contributed by atoms with Crippen LogP contribution < -0.4 is 5.56 Å². The van der Waals surface area contributed by atoms with Crippen LogP contribution in [0, 0.1) is 0 Å². The van der Waals surface area contributed by atoms with Crippen LogP contribution >= 0.6 is 23.1 Å². The maximum atomic E-state index is 12.2. The normalized spacial score (nSPS) is 12.7. The highest BCUT2D eigenvalue weighted by Crippen LogP contribution is 2.37. The van der Waals surface area contributed by atoms with E-state index in [1.54, 1.807) is 35.5 Å². The zero-order valence-corrected chi connectivity index (χ0v) is 13.8. The molecule has 0 aliphatic carbocycles. The van der Waals surface area contributed by atoms with Crippen molar-refractivity contribution in [3.8, 4) is 0 Å². The highest BCUT2D eigenvalue weighted by molar-refractivity contribution is 7.99. The molecular formula is C16H12N4OS2. The molecule has 23 heavy (non-hydrogen) atoms. The maximum Gasteiger partial charge on any atom is 0.258 e. The summed E-state index contributed by atoms with van der Waals surface area (Å²) in [7, 11) is 0. The molecule has 1 aromatic carbocycles. The van der Waals surface area contributed by atoms with Crippen molar-refractivity contribution < 1.29 is 0 Å². The van der Waals surface area contributed by atoms with Gasteiger partial charge in [0.1, 0.15) is 17.2 Å². The number of nitrogens with zero attached hydrogens (tertiary/aromatic N) is 3. The van der Waals surface area contributed by atoms with Crippen molar-refractivity contribution in [3.63, 3.8) is 0 Å². The Morgan fingerprint density at radius 1 is 1.17 bits per heavy atom. The SMILES string of the molecule is C[C@@H](Sc1ncnc2ccsc12)c1nc2ccccc2c(=O)[nH]1. The Morgan fingerprint density at radius 3 is 2.96 bits per heavy atom. The molecule has 1 atom stereocenters. The molecule has 0 saturated carbocycles. The van der Waals surface area contributed by atoms with Gasteiger partial charge >= 0.3 is 0 Å².